The van der Waals surface area contributed by atoms with E-state index in [0.29, 0.717) is 47.2 Å². The highest BCUT2D eigenvalue weighted by atomic mass is 35.5. The van der Waals surface area contributed by atoms with E-state index in [2.05, 4.69) is 4.98 Å². The average molecular weight is 415 g/mol. The molecule has 2 aromatic heterocycles. The lowest BCUT2D eigenvalue weighted by molar-refractivity contribution is 0.0739. The Balaban J connectivity index is 1.69. The molecule has 0 spiro atoms. The summed E-state index contributed by atoms with van der Waals surface area (Å²) in [5.74, 6) is 1.74. The molecule has 3 heterocycles. The lowest BCUT2D eigenvalue weighted by Gasteiger charge is -2.18. The van der Waals surface area contributed by atoms with Gasteiger partial charge in [-0.05, 0) is 63.1 Å². The monoisotopic (exact) mass is 414 g/mol. The molecule has 0 unspecified atom stereocenters. The lowest BCUT2D eigenvalue weighted by Crippen LogP contribution is -2.17. The molecule has 3 aromatic rings. The van der Waals surface area contributed by atoms with Crippen LogP contribution in [-0.2, 0) is 10.3 Å². The second-order valence-corrected chi connectivity index (χ2v) is 8.06. The van der Waals surface area contributed by atoms with Gasteiger partial charge in [0, 0.05) is 35.9 Å². The number of halogens is 1. The summed E-state index contributed by atoms with van der Waals surface area (Å²) in [5.41, 5.74) is 0.896. The number of oxazole rings is 1. The fourth-order valence-corrected chi connectivity index (χ4v) is 3.32. The smallest absolute Gasteiger partial charge is 0.319 e. The van der Waals surface area contributed by atoms with Crippen molar-refractivity contribution in [3.05, 3.63) is 59.2 Å². The summed E-state index contributed by atoms with van der Waals surface area (Å²) >= 11 is 5.97. The first-order valence-corrected chi connectivity index (χ1v) is 9.99. The Hall–Kier alpha value is -2.41. The molecule has 0 aliphatic carbocycles. The van der Waals surface area contributed by atoms with Crippen LogP contribution in [0.15, 0.2) is 47.0 Å². The molecule has 0 radical (unpaired) electrons. The third-order valence-corrected chi connectivity index (χ3v) is 5.12. The molecule has 0 saturated carbocycles. The van der Waals surface area contributed by atoms with Crippen LogP contribution < -0.4 is 4.74 Å². The van der Waals surface area contributed by atoms with Crippen LogP contribution in [-0.4, -0.2) is 28.3 Å². The number of rotatable bonds is 5. The van der Waals surface area contributed by atoms with Crippen LogP contribution in [0.25, 0.3) is 11.3 Å². The Labute approximate surface area is 174 Å². The van der Waals surface area contributed by atoms with Crippen LogP contribution >= 0.6 is 11.6 Å². The summed E-state index contributed by atoms with van der Waals surface area (Å²) in [5, 5.41) is 10.8. The van der Waals surface area contributed by atoms with E-state index in [-0.39, 0.29) is 5.92 Å². The van der Waals surface area contributed by atoms with Gasteiger partial charge in [-0.1, -0.05) is 11.6 Å². The average Bonchev–Trinajstić information content (AvgIpc) is 3.14. The molecule has 1 saturated heterocycles. The molecule has 1 aromatic carbocycles. The number of benzene rings is 1. The zero-order chi connectivity index (χ0) is 20.4. The molecular formula is C22H23ClN2O4. The minimum atomic E-state index is -1.02. The Bertz CT molecular complexity index is 956. The molecule has 0 atom stereocenters. The molecule has 1 aliphatic rings. The predicted molar refractivity (Wildman–Crippen MR) is 109 cm³/mol. The van der Waals surface area contributed by atoms with E-state index >= 15 is 0 Å². The first-order valence-electron chi connectivity index (χ1n) is 9.61. The van der Waals surface area contributed by atoms with Gasteiger partial charge in [-0.3, -0.25) is 4.98 Å². The highest BCUT2D eigenvalue weighted by Gasteiger charge is 2.26. The van der Waals surface area contributed by atoms with Gasteiger partial charge in [-0.15, -0.1) is 0 Å². The molecule has 1 aliphatic heterocycles. The topological polar surface area (TPSA) is 77.6 Å². The van der Waals surface area contributed by atoms with Gasteiger partial charge in [0.15, 0.2) is 5.69 Å². The zero-order valence-electron chi connectivity index (χ0n) is 16.4. The number of pyridine rings is 1. The van der Waals surface area contributed by atoms with Gasteiger partial charge >= 0.3 is 5.95 Å². The van der Waals surface area contributed by atoms with Crippen molar-refractivity contribution in [3.8, 4) is 23.0 Å². The zero-order valence-corrected chi connectivity index (χ0v) is 17.1. The number of aromatic nitrogens is 2. The van der Waals surface area contributed by atoms with E-state index in [4.69, 9.17) is 30.5 Å². The Kier molecular flexibility index (Phi) is 5.58. The van der Waals surface area contributed by atoms with E-state index < -0.39 is 5.60 Å². The van der Waals surface area contributed by atoms with Gasteiger partial charge in [-0.25, -0.2) is 4.98 Å². The van der Waals surface area contributed by atoms with Crippen LogP contribution in [0.5, 0.6) is 11.7 Å². The van der Waals surface area contributed by atoms with Crippen molar-refractivity contribution in [2.75, 3.05) is 13.2 Å². The van der Waals surface area contributed by atoms with Crippen LogP contribution in [0.3, 0.4) is 0 Å². The first kappa shape index (κ1) is 19.9. The number of hydrogen-bond acceptors (Lipinski definition) is 6. The molecule has 1 fully saturated rings. The summed E-state index contributed by atoms with van der Waals surface area (Å²) < 4.78 is 17.5. The summed E-state index contributed by atoms with van der Waals surface area (Å²) in [4.78, 5) is 9.12. The highest BCUT2D eigenvalue weighted by molar-refractivity contribution is 6.30. The van der Waals surface area contributed by atoms with Gasteiger partial charge in [0.25, 0.3) is 0 Å². The summed E-state index contributed by atoms with van der Waals surface area (Å²) in [6.45, 7) is 4.78. The fourth-order valence-electron chi connectivity index (χ4n) is 3.20. The fraction of sp³-hybridized carbons (Fsp3) is 0.364. The molecule has 6 nitrogen and oxygen atoms in total. The van der Waals surface area contributed by atoms with Crippen LogP contribution in [0.2, 0.25) is 5.02 Å². The van der Waals surface area contributed by atoms with Gasteiger partial charge < -0.3 is 19.0 Å². The normalized spacial score (nSPS) is 15.4. The van der Waals surface area contributed by atoms with Crippen molar-refractivity contribution in [3.63, 3.8) is 0 Å². The number of hydrogen-bond donors (Lipinski definition) is 1. The predicted octanol–water partition coefficient (Wildman–Crippen LogP) is 5.30. The third kappa shape index (κ3) is 4.61. The maximum absolute atomic E-state index is 10.2. The van der Waals surface area contributed by atoms with Crippen molar-refractivity contribution in [2.45, 2.75) is 38.2 Å². The lowest BCUT2D eigenvalue weighted by atomic mass is 10.0. The van der Waals surface area contributed by atoms with Crippen molar-refractivity contribution in [1.29, 1.82) is 0 Å². The summed E-state index contributed by atoms with van der Waals surface area (Å²) in [6.07, 6.45) is 3.39. The van der Waals surface area contributed by atoms with Gasteiger partial charge in [0.05, 0.1) is 5.69 Å². The minimum Gasteiger partial charge on any atom is -0.424 e. The van der Waals surface area contributed by atoms with Crippen LogP contribution in [0.4, 0.5) is 0 Å². The Morgan fingerprint density at radius 1 is 1.10 bits per heavy atom. The van der Waals surface area contributed by atoms with Crippen molar-refractivity contribution in [2.24, 2.45) is 0 Å². The largest absolute Gasteiger partial charge is 0.424 e. The molecule has 7 heteroatoms. The van der Waals surface area contributed by atoms with Crippen LogP contribution in [0.1, 0.15) is 44.2 Å². The van der Waals surface area contributed by atoms with Crippen molar-refractivity contribution < 1.29 is 19.0 Å². The SMILES string of the molecule is CC(C)(O)c1ccc(-c2nc(C3CCOCC3)oc2Oc2ccc(Cl)cc2)cn1. The standard InChI is InChI=1S/C22H23ClN2O4/c1-22(2,26)18-8-3-15(13-24-18)19-21(28-17-6-4-16(23)5-7-17)29-20(25-19)14-9-11-27-12-10-14/h3-8,13-14,26H,9-12H2,1-2H3. The van der Waals surface area contributed by atoms with E-state index in [9.17, 15) is 5.11 Å². The molecule has 29 heavy (non-hydrogen) atoms. The summed E-state index contributed by atoms with van der Waals surface area (Å²) in [7, 11) is 0. The molecular weight excluding hydrogens is 392 g/mol. The van der Waals surface area contributed by atoms with E-state index in [1.165, 1.54) is 0 Å². The van der Waals surface area contributed by atoms with Gasteiger partial charge in [0.1, 0.15) is 11.4 Å². The van der Waals surface area contributed by atoms with E-state index in [0.717, 1.165) is 18.4 Å². The molecule has 152 valence electrons. The first-order chi connectivity index (χ1) is 13.9. The Morgan fingerprint density at radius 2 is 1.83 bits per heavy atom. The van der Waals surface area contributed by atoms with Crippen LogP contribution in [0, 0.1) is 0 Å². The number of nitrogens with zero attached hydrogens (tertiary/aromatic N) is 2. The molecule has 0 bridgehead atoms. The number of aliphatic hydroxyl groups is 1. The Morgan fingerprint density at radius 3 is 2.45 bits per heavy atom. The van der Waals surface area contributed by atoms with Gasteiger partial charge in [0.2, 0.25) is 5.89 Å². The molecule has 0 amide bonds. The maximum Gasteiger partial charge on any atom is 0.319 e. The van der Waals surface area contributed by atoms with Gasteiger partial charge in [-0.2, -0.15) is 0 Å². The minimum absolute atomic E-state index is 0.189. The third-order valence-electron chi connectivity index (χ3n) is 4.87. The molecule has 4 rings (SSSR count). The van der Waals surface area contributed by atoms with Crippen molar-refractivity contribution in [1.82, 2.24) is 9.97 Å². The quantitative estimate of drug-likeness (QED) is 0.610. The van der Waals surface area contributed by atoms with Crippen molar-refractivity contribution >= 4 is 11.6 Å². The van der Waals surface area contributed by atoms with E-state index in [1.807, 2.05) is 6.07 Å². The second-order valence-electron chi connectivity index (χ2n) is 7.62. The summed E-state index contributed by atoms with van der Waals surface area (Å²) in [6, 6.07) is 10.7. The number of ether oxygens (including phenoxy) is 2. The molecule has 1 N–H and O–H groups in total. The highest BCUT2D eigenvalue weighted by Crippen LogP contribution is 2.38. The van der Waals surface area contributed by atoms with E-state index in [1.54, 1.807) is 50.4 Å². The second kappa shape index (κ2) is 8.14. The maximum atomic E-state index is 10.2.